The summed E-state index contributed by atoms with van der Waals surface area (Å²) in [5.41, 5.74) is 2.63. The topological polar surface area (TPSA) is 44.9 Å². The van der Waals surface area contributed by atoms with Gasteiger partial charge in [0.2, 0.25) is 0 Å². The standard InChI is InChI=1S/C40H36F6N4O/c1-4-5-10-26-19-20-47-36(21-26)49-34-16-7-6-13-30(34)31-18-17-29(23-35(31)49)51-28-12-8-11-27(22-28)50-25(3)37(24(2)48-50)38-32(39(41,42)43)14-9-15-33(38)40(44,45)46/h6-8,11-14,16-23,33,38H,4-5,9-10,15H2,1-3H3/t33-,38+/m0/s1. The number of alkyl halides is 6. The molecule has 0 saturated heterocycles. The number of fused-ring (bicyclic) bond motifs is 3. The number of aromatic nitrogens is 4. The zero-order chi connectivity index (χ0) is 36.1. The molecule has 0 bridgehead atoms. The number of hydrogen-bond acceptors (Lipinski definition) is 3. The molecule has 0 spiro atoms. The second-order valence-electron chi connectivity index (χ2n) is 13.1. The van der Waals surface area contributed by atoms with Crippen LogP contribution in [0, 0.1) is 19.8 Å². The Morgan fingerprint density at radius 2 is 1.61 bits per heavy atom. The summed E-state index contributed by atoms with van der Waals surface area (Å²) < 4.78 is 94.9. The van der Waals surface area contributed by atoms with E-state index in [1.165, 1.54) is 24.1 Å². The van der Waals surface area contributed by atoms with Gasteiger partial charge in [0, 0.05) is 51.9 Å². The second kappa shape index (κ2) is 13.2. The van der Waals surface area contributed by atoms with Gasteiger partial charge in [0.25, 0.3) is 0 Å². The molecule has 0 aliphatic heterocycles. The number of aryl methyl sites for hydroxylation is 2. The maximum absolute atomic E-state index is 14.2. The molecule has 3 heterocycles. The van der Waals surface area contributed by atoms with Crippen LogP contribution in [0.5, 0.6) is 11.5 Å². The SMILES string of the molecule is CCCCc1ccnc(-n2c3ccccc3c3ccc(Oc4cccc(-n5nc(C)c([C@@H]6C(C(F)(F)F)=CCC[C@@H]6C(F)(F)F)c5C)c4)cc32)c1. The van der Waals surface area contributed by atoms with E-state index in [4.69, 9.17) is 9.72 Å². The Morgan fingerprint density at radius 1 is 0.843 bits per heavy atom. The van der Waals surface area contributed by atoms with E-state index < -0.39 is 36.2 Å². The van der Waals surface area contributed by atoms with Gasteiger partial charge in [-0.15, -0.1) is 0 Å². The van der Waals surface area contributed by atoms with Gasteiger partial charge in [-0.2, -0.15) is 31.4 Å². The summed E-state index contributed by atoms with van der Waals surface area (Å²) in [7, 11) is 0. The summed E-state index contributed by atoms with van der Waals surface area (Å²) in [6.45, 7) is 5.13. The summed E-state index contributed by atoms with van der Waals surface area (Å²) in [4.78, 5) is 4.72. The number of halogens is 6. The maximum atomic E-state index is 14.2. The molecule has 7 rings (SSSR count). The van der Waals surface area contributed by atoms with Crippen molar-refractivity contribution in [2.75, 3.05) is 0 Å². The molecule has 51 heavy (non-hydrogen) atoms. The number of benzene rings is 3. The first-order chi connectivity index (χ1) is 24.3. The number of ether oxygens (including phenoxy) is 1. The molecule has 6 aromatic rings. The van der Waals surface area contributed by atoms with E-state index in [1.807, 2.05) is 42.6 Å². The first-order valence-corrected chi connectivity index (χ1v) is 17.0. The minimum Gasteiger partial charge on any atom is -0.457 e. The highest BCUT2D eigenvalue weighted by molar-refractivity contribution is 6.09. The molecule has 2 atom stereocenters. The smallest absolute Gasteiger partial charge is 0.412 e. The fourth-order valence-corrected chi connectivity index (χ4v) is 7.48. The molecule has 0 unspecified atom stereocenters. The lowest BCUT2D eigenvalue weighted by atomic mass is 9.73. The average molecular weight is 703 g/mol. The molecule has 3 aromatic heterocycles. The van der Waals surface area contributed by atoms with Crippen molar-refractivity contribution in [3.8, 4) is 23.0 Å². The lowest BCUT2D eigenvalue weighted by Crippen LogP contribution is -2.36. The normalized spacial score (nSPS) is 16.9. The third-order valence-corrected chi connectivity index (χ3v) is 9.79. The number of unbranched alkanes of at least 4 members (excludes halogenated alkanes) is 1. The first kappa shape index (κ1) is 34.4. The highest BCUT2D eigenvalue weighted by Crippen LogP contribution is 2.53. The van der Waals surface area contributed by atoms with Crippen molar-refractivity contribution in [2.45, 2.75) is 71.1 Å². The monoisotopic (exact) mass is 702 g/mol. The van der Waals surface area contributed by atoms with Gasteiger partial charge in [-0.3, -0.25) is 4.57 Å². The van der Waals surface area contributed by atoms with Crippen molar-refractivity contribution in [1.29, 1.82) is 0 Å². The van der Waals surface area contributed by atoms with Crippen molar-refractivity contribution in [3.63, 3.8) is 0 Å². The molecule has 0 N–H and O–H groups in total. The fourth-order valence-electron chi connectivity index (χ4n) is 7.48. The molecule has 0 amide bonds. The lowest BCUT2D eigenvalue weighted by Gasteiger charge is -2.35. The summed E-state index contributed by atoms with van der Waals surface area (Å²) in [5.74, 6) is -2.33. The van der Waals surface area contributed by atoms with Gasteiger partial charge in [0.05, 0.1) is 28.3 Å². The fraction of sp³-hybridized carbons (Fsp3) is 0.300. The number of pyridine rings is 1. The van der Waals surface area contributed by atoms with E-state index in [2.05, 4.69) is 34.8 Å². The van der Waals surface area contributed by atoms with Gasteiger partial charge >= 0.3 is 12.4 Å². The van der Waals surface area contributed by atoms with Crippen LogP contribution in [0.2, 0.25) is 0 Å². The van der Waals surface area contributed by atoms with Crippen LogP contribution in [0.25, 0.3) is 33.3 Å². The zero-order valence-corrected chi connectivity index (χ0v) is 28.3. The van der Waals surface area contributed by atoms with E-state index in [9.17, 15) is 26.3 Å². The summed E-state index contributed by atoms with van der Waals surface area (Å²) >= 11 is 0. The number of nitrogens with zero attached hydrogens (tertiary/aromatic N) is 4. The Hall–Kier alpha value is -5.06. The minimum atomic E-state index is -4.91. The van der Waals surface area contributed by atoms with Crippen molar-refractivity contribution in [3.05, 3.63) is 119 Å². The van der Waals surface area contributed by atoms with Crippen molar-refractivity contribution in [1.82, 2.24) is 19.3 Å². The molecule has 1 aliphatic carbocycles. The van der Waals surface area contributed by atoms with E-state index in [-0.39, 0.29) is 23.4 Å². The maximum Gasteiger partial charge on any atom is 0.412 e. The first-order valence-electron chi connectivity index (χ1n) is 17.0. The average Bonchev–Trinajstić information content (AvgIpc) is 3.58. The molecule has 1 aliphatic rings. The van der Waals surface area contributed by atoms with Crippen LogP contribution < -0.4 is 4.74 Å². The van der Waals surface area contributed by atoms with E-state index >= 15 is 0 Å². The van der Waals surface area contributed by atoms with Crippen molar-refractivity contribution < 1.29 is 31.1 Å². The molecular weight excluding hydrogens is 666 g/mol. The molecule has 3 aromatic carbocycles. The Balaban J connectivity index is 1.26. The molecule has 264 valence electrons. The van der Waals surface area contributed by atoms with Crippen LogP contribution in [0.15, 0.2) is 96.7 Å². The minimum absolute atomic E-state index is 0.0578. The predicted molar refractivity (Wildman–Crippen MR) is 186 cm³/mol. The van der Waals surface area contributed by atoms with Gasteiger partial charge < -0.3 is 4.74 Å². The van der Waals surface area contributed by atoms with Gasteiger partial charge in [-0.1, -0.05) is 43.7 Å². The third kappa shape index (κ3) is 6.50. The molecular formula is C40H36F6N4O. The Labute approximate surface area is 291 Å². The number of hydrogen-bond donors (Lipinski definition) is 0. The molecule has 0 saturated carbocycles. The van der Waals surface area contributed by atoms with Gasteiger partial charge in [0.1, 0.15) is 17.3 Å². The molecule has 5 nitrogen and oxygen atoms in total. The molecule has 0 fully saturated rings. The van der Waals surface area contributed by atoms with Crippen LogP contribution in [0.3, 0.4) is 0 Å². The Kier molecular flexibility index (Phi) is 8.93. The highest BCUT2D eigenvalue weighted by atomic mass is 19.4. The number of para-hydroxylation sites is 1. The van der Waals surface area contributed by atoms with Crippen molar-refractivity contribution >= 4 is 21.8 Å². The van der Waals surface area contributed by atoms with E-state index in [0.29, 0.717) is 17.2 Å². The van der Waals surface area contributed by atoms with Crippen LogP contribution in [0.4, 0.5) is 26.3 Å². The number of rotatable bonds is 8. The summed E-state index contributed by atoms with van der Waals surface area (Å²) in [6.07, 6.45) is -4.61. The van der Waals surface area contributed by atoms with E-state index in [1.54, 1.807) is 24.3 Å². The van der Waals surface area contributed by atoms with E-state index in [0.717, 1.165) is 53.0 Å². The van der Waals surface area contributed by atoms with Crippen molar-refractivity contribution in [2.24, 2.45) is 5.92 Å². The second-order valence-corrected chi connectivity index (χ2v) is 13.1. The zero-order valence-electron chi connectivity index (χ0n) is 28.3. The van der Waals surface area contributed by atoms with Crippen LogP contribution in [-0.2, 0) is 6.42 Å². The van der Waals surface area contributed by atoms with Gasteiger partial charge in [-0.25, -0.2) is 9.67 Å². The molecule has 0 radical (unpaired) electrons. The summed E-state index contributed by atoms with van der Waals surface area (Å²) in [5, 5.41) is 6.55. The quantitative estimate of drug-likeness (QED) is 0.117. The lowest BCUT2D eigenvalue weighted by molar-refractivity contribution is -0.187. The Bertz CT molecular complexity index is 2260. The third-order valence-electron chi connectivity index (χ3n) is 9.79. The van der Waals surface area contributed by atoms with Crippen LogP contribution in [-0.4, -0.2) is 31.7 Å². The van der Waals surface area contributed by atoms with Crippen LogP contribution >= 0.6 is 0 Å². The van der Waals surface area contributed by atoms with Crippen LogP contribution in [0.1, 0.15) is 61.0 Å². The Morgan fingerprint density at radius 3 is 2.37 bits per heavy atom. The summed E-state index contributed by atoms with van der Waals surface area (Å²) in [6, 6.07) is 24.9. The predicted octanol–water partition coefficient (Wildman–Crippen LogP) is 11.7. The van der Waals surface area contributed by atoms with Gasteiger partial charge in [-0.05, 0) is 87.6 Å². The van der Waals surface area contributed by atoms with Gasteiger partial charge in [0.15, 0.2) is 0 Å². The largest absolute Gasteiger partial charge is 0.457 e. The number of allylic oxidation sites excluding steroid dienone is 2. The molecule has 11 heteroatoms. The highest BCUT2D eigenvalue weighted by Gasteiger charge is 2.54.